The van der Waals surface area contributed by atoms with Gasteiger partial charge in [-0.3, -0.25) is 9.89 Å². The van der Waals surface area contributed by atoms with Gasteiger partial charge in [0.1, 0.15) is 5.69 Å². The van der Waals surface area contributed by atoms with Gasteiger partial charge in [-0.25, -0.2) is 4.68 Å². The first-order chi connectivity index (χ1) is 9.58. The fourth-order valence-corrected chi connectivity index (χ4v) is 3.22. The maximum absolute atomic E-state index is 12.4. The lowest BCUT2D eigenvalue weighted by Crippen LogP contribution is -2.17. The molecule has 0 atom stereocenters. The summed E-state index contributed by atoms with van der Waals surface area (Å²) in [4.78, 5) is 12.4. The first kappa shape index (κ1) is 13.0. The van der Waals surface area contributed by atoms with E-state index in [1.165, 1.54) is 18.4 Å². The molecule has 1 aromatic heterocycles. The van der Waals surface area contributed by atoms with Gasteiger partial charge in [0.25, 0.3) is 5.56 Å². The van der Waals surface area contributed by atoms with Crippen molar-refractivity contribution in [2.24, 2.45) is 0 Å². The number of hydrogen-bond acceptors (Lipinski definition) is 2. The number of hydrogen-bond donors (Lipinski definition) is 2. The summed E-state index contributed by atoms with van der Waals surface area (Å²) in [5, 5.41) is 3.25. The Morgan fingerprint density at radius 2 is 1.95 bits per heavy atom. The van der Waals surface area contributed by atoms with Gasteiger partial charge in [0.2, 0.25) is 0 Å². The van der Waals surface area contributed by atoms with Crippen LogP contribution in [0.25, 0.3) is 5.69 Å². The maximum atomic E-state index is 12.4. The minimum atomic E-state index is -0.126. The van der Waals surface area contributed by atoms with E-state index in [9.17, 15) is 4.79 Å². The Balaban J connectivity index is 2.10. The third-order valence-electron chi connectivity index (χ3n) is 4.31. The van der Waals surface area contributed by atoms with Gasteiger partial charge in [0.15, 0.2) is 0 Å². The predicted molar refractivity (Wildman–Crippen MR) is 81.5 cm³/mol. The van der Waals surface area contributed by atoms with Crippen molar-refractivity contribution in [3.05, 3.63) is 45.4 Å². The van der Waals surface area contributed by atoms with E-state index >= 15 is 0 Å². The summed E-state index contributed by atoms with van der Waals surface area (Å²) in [6, 6.07) is 6.07. The van der Waals surface area contributed by atoms with Crippen LogP contribution in [-0.4, -0.2) is 9.78 Å². The molecular formula is C16H21N3O. The van der Waals surface area contributed by atoms with Crippen LogP contribution in [0, 0.1) is 13.8 Å². The number of nitrogens with two attached hydrogens (primary N) is 1. The minimum absolute atomic E-state index is 0.126. The van der Waals surface area contributed by atoms with Crippen LogP contribution < -0.4 is 11.3 Å². The van der Waals surface area contributed by atoms with Crippen molar-refractivity contribution >= 4 is 5.69 Å². The molecule has 3 rings (SSSR count). The normalized spacial score (nSPS) is 15.9. The summed E-state index contributed by atoms with van der Waals surface area (Å²) in [6.07, 6.45) is 4.69. The summed E-state index contributed by atoms with van der Waals surface area (Å²) in [7, 11) is 0. The Labute approximate surface area is 118 Å². The van der Waals surface area contributed by atoms with Crippen LogP contribution in [0.2, 0.25) is 0 Å². The summed E-state index contributed by atoms with van der Waals surface area (Å²) >= 11 is 0. The molecule has 2 aromatic rings. The van der Waals surface area contributed by atoms with Gasteiger partial charge in [-0.05, 0) is 38.3 Å². The zero-order valence-corrected chi connectivity index (χ0v) is 12.1. The Kier molecular flexibility index (Phi) is 3.16. The second-order valence-electron chi connectivity index (χ2n) is 5.85. The Bertz CT molecular complexity index is 690. The van der Waals surface area contributed by atoms with E-state index < -0.39 is 0 Å². The van der Waals surface area contributed by atoms with Crippen molar-refractivity contribution in [2.75, 3.05) is 5.73 Å². The molecule has 20 heavy (non-hydrogen) atoms. The highest BCUT2D eigenvalue weighted by Gasteiger charge is 2.24. The number of aromatic amines is 1. The van der Waals surface area contributed by atoms with Crippen LogP contribution in [0.1, 0.15) is 48.4 Å². The number of nitrogen functional groups attached to an aromatic ring is 1. The molecule has 1 aromatic carbocycles. The number of nitrogens with one attached hydrogen (secondary N) is 1. The van der Waals surface area contributed by atoms with Gasteiger partial charge in [0.05, 0.1) is 11.4 Å². The Hall–Kier alpha value is -1.97. The molecule has 0 unspecified atom stereocenters. The second-order valence-corrected chi connectivity index (χ2v) is 5.85. The van der Waals surface area contributed by atoms with Crippen LogP contribution in [0.15, 0.2) is 23.0 Å². The lowest BCUT2D eigenvalue weighted by Gasteiger charge is -2.09. The highest BCUT2D eigenvalue weighted by Crippen LogP contribution is 2.35. The van der Waals surface area contributed by atoms with Crippen LogP contribution >= 0.6 is 0 Å². The van der Waals surface area contributed by atoms with E-state index in [0.717, 1.165) is 29.8 Å². The van der Waals surface area contributed by atoms with Crippen LogP contribution in [0.4, 0.5) is 5.69 Å². The van der Waals surface area contributed by atoms with E-state index in [4.69, 9.17) is 5.73 Å². The first-order valence-electron chi connectivity index (χ1n) is 7.26. The minimum Gasteiger partial charge on any atom is -0.393 e. The average Bonchev–Trinajstić information content (AvgIpc) is 3.01. The molecule has 0 bridgehead atoms. The number of aromatic nitrogens is 2. The summed E-state index contributed by atoms with van der Waals surface area (Å²) in [5.41, 5.74) is 10.4. The van der Waals surface area contributed by atoms with E-state index in [2.05, 4.69) is 11.2 Å². The number of nitrogens with zero attached hydrogens (tertiary/aromatic N) is 1. The number of aryl methyl sites for hydroxylation is 2. The van der Waals surface area contributed by atoms with Gasteiger partial charge in [-0.15, -0.1) is 0 Å². The molecule has 1 heterocycles. The molecule has 0 aliphatic heterocycles. The quantitative estimate of drug-likeness (QED) is 0.881. The van der Waals surface area contributed by atoms with Crippen molar-refractivity contribution in [2.45, 2.75) is 45.4 Å². The molecular weight excluding hydrogens is 250 g/mol. The summed E-state index contributed by atoms with van der Waals surface area (Å²) in [6.45, 7) is 4.06. The molecule has 0 saturated heterocycles. The second kappa shape index (κ2) is 4.85. The molecule has 1 saturated carbocycles. The van der Waals surface area contributed by atoms with Crippen molar-refractivity contribution in [1.82, 2.24) is 9.78 Å². The average molecular weight is 271 g/mol. The molecule has 1 fully saturated rings. The van der Waals surface area contributed by atoms with Gasteiger partial charge in [-0.1, -0.05) is 30.5 Å². The first-order valence-corrected chi connectivity index (χ1v) is 7.26. The third kappa shape index (κ3) is 2.05. The van der Waals surface area contributed by atoms with Crippen LogP contribution in [-0.2, 0) is 0 Å². The smallest absolute Gasteiger partial charge is 0.294 e. The van der Waals surface area contributed by atoms with Gasteiger partial charge >= 0.3 is 0 Å². The van der Waals surface area contributed by atoms with E-state index in [-0.39, 0.29) is 5.56 Å². The highest BCUT2D eigenvalue weighted by atomic mass is 16.1. The fourth-order valence-electron chi connectivity index (χ4n) is 3.22. The Morgan fingerprint density at radius 1 is 1.25 bits per heavy atom. The third-order valence-corrected chi connectivity index (χ3v) is 4.31. The summed E-state index contributed by atoms with van der Waals surface area (Å²) < 4.78 is 1.60. The number of benzene rings is 1. The number of H-pyrrole nitrogens is 1. The molecule has 1 aliphatic rings. The molecule has 0 radical (unpaired) electrons. The SMILES string of the molecule is Cc1ccc(-n2[nH]c(C3CCCC3)c(N)c2=O)c(C)c1. The van der Waals surface area contributed by atoms with Gasteiger partial charge in [-0.2, -0.15) is 0 Å². The lowest BCUT2D eigenvalue weighted by molar-refractivity contribution is 0.677. The Morgan fingerprint density at radius 3 is 2.60 bits per heavy atom. The number of rotatable bonds is 2. The van der Waals surface area contributed by atoms with E-state index in [0.29, 0.717) is 11.6 Å². The lowest BCUT2D eigenvalue weighted by atomic mass is 10.0. The number of anilines is 1. The van der Waals surface area contributed by atoms with Crippen molar-refractivity contribution < 1.29 is 0 Å². The fraction of sp³-hybridized carbons (Fsp3) is 0.438. The molecule has 1 aliphatic carbocycles. The standard InChI is InChI=1S/C16H21N3O/c1-10-7-8-13(11(2)9-10)19-16(20)14(17)15(18-19)12-5-3-4-6-12/h7-9,12,18H,3-6,17H2,1-2H3. The molecule has 4 nitrogen and oxygen atoms in total. The largest absolute Gasteiger partial charge is 0.393 e. The van der Waals surface area contributed by atoms with Gasteiger partial charge < -0.3 is 5.73 Å². The monoisotopic (exact) mass is 271 g/mol. The van der Waals surface area contributed by atoms with E-state index in [1.54, 1.807) is 4.68 Å². The van der Waals surface area contributed by atoms with Crippen molar-refractivity contribution in [3.8, 4) is 5.69 Å². The van der Waals surface area contributed by atoms with E-state index in [1.807, 2.05) is 26.0 Å². The molecule has 0 amide bonds. The zero-order chi connectivity index (χ0) is 14.3. The van der Waals surface area contributed by atoms with Crippen LogP contribution in [0.5, 0.6) is 0 Å². The van der Waals surface area contributed by atoms with Crippen molar-refractivity contribution in [3.63, 3.8) is 0 Å². The molecule has 3 N–H and O–H groups in total. The van der Waals surface area contributed by atoms with Gasteiger partial charge in [0, 0.05) is 5.92 Å². The molecule has 4 heteroatoms. The maximum Gasteiger partial charge on any atom is 0.294 e. The van der Waals surface area contributed by atoms with Crippen LogP contribution in [0.3, 0.4) is 0 Å². The molecule has 0 spiro atoms. The predicted octanol–water partition coefficient (Wildman–Crippen LogP) is 3.02. The highest BCUT2D eigenvalue weighted by molar-refractivity contribution is 5.49. The van der Waals surface area contributed by atoms with Crippen molar-refractivity contribution in [1.29, 1.82) is 0 Å². The zero-order valence-electron chi connectivity index (χ0n) is 12.1. The summed E-state index contributed by atoms with van der Waals surface area (Å²) in [5.74, 6) is 0.412. The molecule has 106 valence electrons. The topological polar surface area (TPSA) is 63.8 Å².